The van der Waals surface area contributed by atoms with Crippen LogP contribution < -0.4 is 5.73 Å². The molecular weight excluding hydrogens is 217 g/mol. The number of fused-ring (bicyclic) bond motifs is 1. The van der Waals surface area contributed by atoms with Crippen molar-refractivity contribution in [3.05, 3.63) is 34.8 Å². The van der Waals surface area contributed by atoms with E-state index in [-0.39, 0.29) is 5.82 Å². The van der Waals surface area contributed by atoms with Crippen molar-refractivity contribution >= 4 is 11.0 Å². The number of rotatable bonds is 3. The van der Waals surface area contributed by atoms with E-state index >= 15 is 0 Å². The van der Waals surface area contributed by atoms with Gasteiger partial charge < -0.3 is 10.2 Å². The first-order chi connectivity index (χ1) is 8.04. The number of hydrogen-bond acceptors (Lipinski definition) is 2. The van der Waals surface area contributed by atoms with Gasteiger partial charge in [-0.1, -0.05) is 19.9 Å². The van der Waals surface area contributed by atoms with E-state index in [2.05, 4.69) is 13.8 Å². The van der Waals surface area contributed by atoms with Gasteiger partial charge in [0, 0.05) is 10.9 Å². The molecule has 3 heteroatoms. The number of hydrogen-bond donors (Lipinski definition) is 1. The molecule has 0 fully saturated rings. The highest BCUT2D eigenvalue weighted by atomic mass is 19.1. The Labute approximate surface area is 101 Å². The molecule has 1 aromatic carbocycles. The number of furan rings is 1. The van der Waals surface area contributed by atoms with E-state index in [0.717, 1.165) is 22.9 Å². The van der Waals surface area contributed by atoms with Crippen LogP contribution in [0.15, 0.2) is 16.5 Å². The molecule has 0 atom stereocenters. The normalized spacial score (nSPS) is 11.6. The summed E-state index contributed by atoms with van der Waals surface area (Å²) >= 11 is 0. The van der Waals surface area contributed by atoms with Crippen molar-refractivity contribution in [2.24, 2.45) is 11.7 Å². The summed E-state index contributed by atoms with van der Waals surface area (Å²) in [5.41, 5.74) is 8.13. The van der Waals surface area contributed by atoms with E-state index < -0.39 is 0 Å². The SMILES string of the molecule is Cc1ccc(F)c2oc(CN)c(CC(C)C)c12. The maximum absolute atomic E-state index is 13.7. The molecule has 0 aliphatic carbocycles. The third kappa shape index (κ3) is 2.07. The summed E-state index contributed by atoms with van der Waals surface area (Å²) in [6, 6.07) is 3.23. The van der Waals surface area contributed by atoms with Crippen LogP contribution in [0.1, 0.15) is 30.7 Å². The number of halogens is 1. The zero-order valence-electron chi connectivity index (χ0n) is 10.5. The maximum Gasteiger partial charge on any atom is 0.170 e. The van der Waals surface area contributed by atoms with E-state index in [1.165, 1.54) is 6.07 Å². The van der Waals surface area contributed by atoms with E-state index in [0.29, 0.717) is 23.8 Å². The van der Waals surface area contributed by atoms with Crippen LogP contribution in [0.3, 0.4) is 0 Å². The Morgan fingerprint density at radius 2 is 2.06 bits per heavy atom. The second kappa shape index (κ2) is 4.49. The third-order valence-electron chi connectivity index (χ3n) is 2.98. The minimum atomic E-state index is -0.310. The number of nitrogens with two attached hydrogens (primary N) is 1. The van der Waals surface area contributed by atoms with Crippen LogP contribution in [-0.2, 0) is 13.0 Å². The lowest BCUT2D eigenvalue weighted by Gasteiger charge is -2.06. The summed E-state index contributed by atoms with van der Waals surface area (Å²) < 4.78 is 19.3. The summed E-state index contributed by atoms with van der Waals surface area (Å²) in [7, 11) is 0. The van der Waals surface area contributed by atoms with Gasteiger partial charge in [-0.05, 0) is 30.9 Å². The van der Waals surface area contributed by atoms with Crippen LogP contribution in [0, 0.1) is 18.7 Å². The first kappa shape index (κ1) is 12.1. The van der Waals surface area contributed by atoms with Crippen molar-refractivity contribution in [2.45, 2.75) is 33.7 Å². The Balaban J connectivity index is 2.73. The van der Waals surface area contributed by atoms with Crippen molar-refractivity contribution in [1.29, 1.82) is 0 Å². The Morgan fingerprint density at radius 3 is 2.65 bits per heavy atom. The third-order valence-corrected chi connectivity index (χ3v) is 2.98. The quantitative estimate of drug-likeness (QED) is 0.883. The maximum atomic E-state index is 13.7. The molecule has 2 nitrogen and oxygen atoms in total. The van der Waals surface area contributed by atoms with E-state index in [4.69, 9.17) is 10.2 Å². The molecule has 0 unspecified atom stereocenters. The van der Waals surface area contributed by atoms with E-state index in [1.807, 2.05) is 6.92 Å². The highest BCUT2D eigenvalue weighted by molar-refractivity contribution is 5.86. The first-order valence-electron chi connectivity index (χ1n) is 5.94. The van der Waals surface area contributed by atoms with Crippen molar-refractivity contribution < 1.29 is 8.81 Å². The predicted octanol–water partition coefficient (Wildman–Crippen LogP) is 3.54. The van der Waals surface area contributed by atoms with Crippen molar-refractivity contribution in [3.8, 4) is 0 Å². The van der Waals surface area contributed by atoms with Gasteiger partial charge in [0.15, 0.2) is 11.4 Å². The molecular formula is C14H18FNO. The fraction of sp³-hybridized carbons (Fsp3) is 0.429. The molecule has 0 saturated carbocycles. The Morgan fingerprint density at radius 1 is 1.35 bits per heavy atom. The van der Waals surface area contributed by atoms with E-state index in [1.54, 1.807) is 6.07 Å². The van der Waals surface area contributed by atoms with Gasteiger partial charge in [0.25, 0.3) is 0 Å². The summed E-state index contributed by atoms with van der Waals surface area (Å²) in [5.74, 6) is 0.890. The molecule has 0 amide bonds. The number of benzene rings is 1. The van der Waals surface area contributed by atoms with Crippen LogP contribution in [0.25, 0.3) is 11.0 Å². The molecule has 92 valence electrons. The van der Waals surface area contributed by atoms with Crippen LogP contribution in [0.2, 0.25) is 0 Å². The van der Waals surface area contributed by atoms with Gasteiger partial charge in [0.2, 0.25) is 0 Å². The summed E-state index contributed by atoms with van der Waals surface area (Å²) in [6.07, 6.45) is 0.865. The Kier molecular flexibility index (Phi) is 3.20. The molecule has 17 heavy (non-hydrogen) atoms. The molecule has 0 aliphatic rings. The lowest BCUT2D eigenvalue weighted by molar-refractivity contribution is 0.512. The molecule has 0 radical (unpaired) electrons. The molecule has 0 spiro atoms. The Hall–Kier alpha value is -1.35. The monoisotopic (exact) mass is 235 g/mol. The fourth-order valence-electron chi connectivity index (χ4n) is 2.24. The highest BCUT2D eigenvalue weighted by Gasteiger charge is 2.18. The van der Waals surface area contributed by atoms with Gasteiger partial charge in [0.1, 0.15) is 5.76 Å². The zero-order valence-corrected chi connectivity index (χ0v) is 10.5. The zero-order chi connectivity index (χ0) is 12.6. The second-order valence-electron chi connectivity index (χ2n) is 4.87. The average Bonchev–Trinajstić information content (AvgIpc) is 2.63. The molecule has 1 heterocycles. The summed E-state index contributed by atoms with van der Waals surface area (Å²) in [5, 5.41) is 0.902. The topological polar surface area (TPSA) is 39.2 Å². The van der Waals surface area contributed by atoms with Gasteiger partial charge in [-0.3, -0.25) is 0 Å². The smallest absolute Gasteiger partial charge is 0.170 e. The molecule has 0 aliphatic heterocycles. The predicted molar refractivity (Wildman–Crippen MR) is 67.3 cm³/mol. The highest BCUT2D eigenvalue weighted by Crippen LogP contribution is 2.32. The standard InChI is InChI=1S/C14H18FNO/c1-8(2)6-10-12(7-16)17-14-11(15)5-4-9(3)13(10)14/h4-5,8H,6-7,16H2,1-3H3. The number of aryl methyl sites for hydroxylation is 1. The minimum absolute atomic E-state index is 0.310. The summed E-state index contributed by atoms with van der Waals surface area (Å²) in [6.45, 7) is 6.55. The summed E-state index contributed by atoms with van der Waals surface area (Å²) in [4.78, 5) is 0. The van der Waals surface area contributed by atoms with E-state index in [9.17, 15) is 4.39 Å². The van der Waals surface area contributed by atoms with Crippen molar-refractivity contribution in [1.82, 2.24) is 0 Å². The lowest BCUT2D eigenvalue weighted by atomic mass is 9.97. The van der Waals surface area contributed by atoms with Crippen LogP contribution in [-0.4, -0.2) is 0 Å². The van der Waals surface area contributed by atoms with Gasteiger partial charge in [-0.15, -0.1) is 0 Å². The van der Waals surface area contributed by atoms with Crippen LogP contribution in [0.5, 0.6) is 0 Å². The molecule has 0 bridgehead atoms. The van der Waals surface area contributed by atoms with Gasteiger partial charge in [-0.2, -0.15) is 0 Å². The van der Waals surface area contributed by atoms with Gasteiger partial charge in [0.05, 0.1) is 6.54 Å². The second-order valence-corrected chi connectivity index (χ2v) is 4.87. The minimum Gasteiger partial charge on any atom is -0.456 e. The van der Waals surface area contributed by atoms with Crippen molar-refractivity contribution in [2.75, 3.05) is 0 Å². The van der Waals surface area contributed by atoms with Gasteiger partial charge >= 0.3 is 0 Å². The van der Waals surface area contributed by atoms with Crippen molar-refractivity contribution in [3.63, 3.8) is 0 Å². The molecule has 1 aromatic heterocycles. The fourth-order valence-corrected chi connectivity index (χ4v) is 2.24. The van der Waals surface area contributed by atoms with Gasteiger partial charge in [-0.25, -0.2) is 4.39 Å². The van der Waals surface area contributed by atoms with Crippen LogP contribution >= 0.6 is 0 Å². The largest absolute Gasteiger partial charge is 0.456 e. The Bertz CT molecular complexity index is 543. The first-order valence-corrected chi connectivity index (χ1v) is 5.94. The molecule has 0 saturated heterocycles. The lowest BCUT2D eigenvalue weighted by Crippen LogP contribution is -2.02. The average molecular weight is 235 g/mol. The van der Waals surface area contributed by atoms with Crippen LogP contribution in [0.4, 0.5) is 4.39 Å². The molecule has 2 rings (SSSR count). The molecule has 2 aromatic rings. The molecule has 2 N–H and O–H groups in total.